The number of H-pyrrole nitrogens is 1. The van der Waals surface area contributed by atoms with E-state index in [1.165, 1.54) is 0 Å². The lowest BCUT2D eigenvalue weighted by atomic mass is 9.84. The van der Waals surface area contributed by atoms with Crippen molar-refractivity contribution in [3.63, 3.8) is 0 Å². The van der Waals surface area contributed by atoms with E-state index in [0.29, 0.717) is 26.3 Å². The van der Waals surface area contributed by atoms with Crippen LogP contribution in [-0.2, 0) is 14.3 Å². The van der Waals surface area contributed by atoms with Crippen molar-refractivity contribution in [3.8, 4) is 11.1 Å². The van der Waals surface area contributed by atoms with Gasteiger partial charge in [0.05, 0.1) is 24.9 Å². The van der Waals surface area contributed by atoms with Crippen molar-refractivity contribution in [2.24, 2.45) is 0 Å². The van der Waals surface area contributed by atoms with Crippen LogP contribution in [0, 0.1) is 0 Å². The van der Waals surface area contributed by atoms with E-state index in [2.05, 4.69) is 23.2 Å². The monoisotopic (exact) mass is 437 g/mol. The van der Waals surface area contributed by atoms with E-state index in [9.17, 15) is 9.59 Å². The highest BCUT2D eigenvalue weighted by molar-refractivity contribution is 6.41. The smallest absolute Gasteiger partial charge is 0.317 e. The minimum absolute atomic E-state index is 0.425. The van der Waals surface area contributed by atoms with Gasteiger partial charge in [-0.25, -0.2) is 0 Å². The maximum atomic E-state index is 13.9. The highest BCUT2D eigenvalue weighted by Crippen LogP contribution is 2.48. The fourth-order valence-electron chi connectivity index (χ4n) is 5.03. The molecule has 2 aliphatic heterocycles. The third-order valence-electron chi connectivity index (χ3n) is 6.58. The number of hydrogen-bond donors (Lipinski definition) is 1. The van der Waals surface area contributed by atoms with E-state index < -0.39 is 17.9 Å². The Morgan fingerprint density at radius 3 is 2.33 bits per heavy atom. The predicted molar refractivity (Wildman–Crippen MR) is 127 cm³/mol. The van der Waals surface area contributed by atoms with E-state index in [4.69, 9.17) is 4.74 Å². The molecule has 1 N–H and O–H groups in total. The van der Waals surface area contributed by atoms with Crippen LogP contribution in [0.5, 0.6) is 0 Å². The number of amides is 2. The van der Waals surface area contributed by atoms with Gasteiger partial charge in [-0.05, 0) is 23.3 Å². The van der Waals surface area contributed by atoms with Crippen molar-refractivity contribution >= 4 is 28.4 Å². The fraction of sp³-hybridized carbons (Fsp3) is 0.185. The Morgan fingerprint density at radius 2 is 1.48 bits per heavy atom. The summed E-state index contributed by atoms with van der Waals surface area (Å²) in [4.78, 5) is 33.9. The maximum Gasteiger partial charge on any atom is 0.317 e. The summed E-state index contributed by atoms with van der Waals surface area (Å²) in [7, 11) is 0. The number of carbonyl (C=O) groups excluding carboxylic acids is 2. The standard InChI is InChI=1S/C27H23N3O3/c31-26(29-13-15-33-16-14-29)27(32)30-24-12-6-4-9-20(24)18-7-1-2-10-21(18)25(30)22-17-28-23-11-5-3-8-19(22)23/h1-12,17,25,28H,13-16H2. The molecule has 1 saturated heterocycles. The first kappa shape index (κ1) is 19.8. The molecule has 1 fully saturated rings. The molecule has 6 nitrogen and oxygen atoms in total. The van der Waals surface area contributed by atoms with E-state index >= 15 is 0 Å². The SMILES string of the molecule is O=C(C(=O)N1c2ccccc2-c2ccccc2C1c1c[nH]c2ccccc12)N1CCOCC1. The van der Waals surface area contributed by atoms with Crippen LogP contribution in [0.4, 0.5) is 5.69 Å². The molecule has 0 saturated carbocycles. The molecule has 0 spiro atoms. The number of carbonyl (C=O) groups is 2. The summed E-state index contributed by atoms with van der Waals surface area (Å²) >= 11 is 0. The third kappa shape index (κ3) is 3.14. The first-order chi connectivity index (χ1) is 16.2. The van der Waals surface area contributed by atoms with Gasteiger partial charge in [-0.15, -0.1) is 0 Å². The summed E-state index contributed by atoms with van der Waals surface area (Å²) in [5.41, 5.74) is 5.74. The van der Waals surface area contributed by atoms with E-state index in [0.717, 1.165) is 38.8 Å². The highest BCUT2D eigenvalue weighted by Gasteiger charge is 2.40. The third-order valence-corrected chi connectivity index (χ3v) is 6.58. The maximum absolute atomic E-state index is 13.9. The van der Waals surface area contributed by atoms with Gasteiger partial charge in [0.25, 0.3) is 0 Å². The summed E-state index contributed by atoms with van der Waals surface area (Å²) in [6.45, 7) is 1.75. The number of ether oxygens (including phenoxy) is 1. The van der Waals surface area contributed by atoms with Crippen LogP contribution >= 0.6 is 0 Å². The van der Waals surface area contributed by atoms with Gasteiger partial charge in [-0.1, -0.05) is 60.7 Å². The van der Waals surface area contributed by atoms with E-state index in [1.54, 1.807) is 9.80 Å². The number of fused-ring (bicyclic) bond motifs is 4. The molecule has 1 atom stereocenters. The summed E-state index contributed by atoms with van der Waals surface area (Å²) in [6, 6.07) is 23.6. The Kier molecular flexibility index (Phi) is 4.73. The summed E-state index contributed by atoms with van der Waals surface area (Å²) in [6.07, 6.45) is 1.96. The van der Waals surface area contributed by atoms with Gasteiger partial charge in [0.2, 0.25) is 0 Å². The summed E-state index contributed by atoms with van der Waals surface area (Å²) in [5.74, 6) is -1.01. The van der Waals surface area contributed by atoms with Crippen LogP contribution in [0.2, 0.25) is 0 Å². The minimum Gasteiger partial charge on any atom is -0.378 e. The lowest BCUT2D eigenvalue weighted by molar-refractivity contribution is -0.147. The molecule has 6 rings (SSSR count). The Hall–Kier alpha value is -3.90. The van der Waals surface area contributed by atoms with Crippen LogP contribution in [0.25, 0.3) is 22.0 Å². The number of nitrogens with one attached hydrogen (secondary N) is 1. The van der Waals surface area contributed by atoms with Crippen LogP contribution < -0.4 is 4.90 Å². The number of aromatic nitrogens is 1. The largest absolute Gasteiger partial charge is 0.378 e. The molecule has 2 amide bonds. The molecule has 3 aromatic carbocycles. The lowest BCUT2D eigenvalue weighted by Gasteiger charge is -2.39. The number of hydrogen-bond acceptors (Lipinski definition) is 3. The molecule has 1 aromatic heterocycles. The van der Waals surface area contributed by atoms with Gasteiger partial charge < -0.3 is 14.6 Å². The fourth-order valence-corrected chi connectivity index (χ4v) is 5.03. The van der Waals surface area contributed by atoms with Crippen LogP contribution in [0.3, 0.4) is 0 Å². The van der Waals surface area contributed by atoms with Gasteiger partial charge in [0.1, 0.15) is 0 Å². The second-order valence-corrected chi connectivity index (χ2v) is 8.38. The van der Waals surface area contributed by atoms with Crippen molar-refractivity contribution in [1.29, 1.82) is 0 Å². The summed E-state index contributed by atoms with van der Waals surface area (Å²) in [5, 5.41) is 1.04. The first-order valence-corrected chi connectivity index (χ1v) is 11.2. The molecule has 0 bridgehead atoms. The molecule has 6 heteroatoms. The van der Waals surface area contributed by atoms with Gasteiger partial charge in [-0.3, -0.25) is 14.5 Å². The molecule has 3 heterocycles. The average Bonchev–Trinajstić information content (AvgIpc) is 3.31. The Balaban J connectivity index is 1.56. The molecule has 33 heavy (non-hydrogen) atoms. The highest BCUT2D eigenvalue weighted by atomic mass is 16.5. The van der Waals surface area contributed by atoms with Crippen molar-refractivity contribution in [3.05, 3.63) is 90.1 Å². The second kappa shape index (κ2) is 7.90. The minimum atomic E-state index is -0.519. The normalized spacial score (nSPS) is 17.5. The first-order valence-electron chi connectivity index (χ1n) is 11.2. The molecule has 0 aliphatic carbocycles. The number of rotatable bonds is 1. The van der Waals surface area contributed by atoms with Gasteiger partial charge in [0.15, 0.2) is 0 Å². The molecule has 1 unspecified atom stereocenters. The number of para-hydroxylation sites is 2. The van der Waals surface area contributed by atoms with Gasteiger partial charge in [-0.2, -0.15) is 0 Å². The number of morpholine rings is 1. The van der Waals surface area contributed by atoms with Crippen molar-refractivity contribution in [2.45, 2.75) is 6.04 Å². The summed E-state index contributed by atoms with van der Waals surface area (Å²) < 4.78 is 5.38. The Bertz CT molecular complexity index is 1370. The Labute approximate surface area is 191 Å². The van der Waals surface area contributed by atoms with Crippen molar-refractivity contribution < 1.29 is 14.3 Å². The topological polar surface area (TPSA) is 65.6 Å². The lowest BCUT2D eigenvalue weighted by Crippen LogP contribution is -2.51. The number of nitrogens with zero attached hydrogens (tertiary/aromatic N) is 2. The van der Waals surface area contributed by atoms with Crippen molar-refractivity contribution in [1.82, 2.24) is 9.88 Å². The van der Waals surface area contributed by atoms with Crippen LogP contribution in [-0.4, -0.2) is 48.0 Å². The molecular formula is C27H23N3O3. The number of benzene rings is 3. The quantitative estimate of drug-likeness (QED) is 0.456. The molecular weight excluding hydrogens is 414 g/mol. The van der Waals surface area contributed by atoms with Gasteiger partial charge in [0, 0.05) is 41.3 Å². The number of anilines is 1. The second-order valence-electron chi connectivity index (χ2n) is 8.38. The average molecular weight is 437 g/mol. The molecule has 0 radical (unpaired) electrons. The van der Waals surface area contributed by atoms with Crippen LogP contribution in [0.1, 0.15) is 17.2 Å². The molecule has 4 aromatic rings. The molecule has 2 aliphatic rings. The zero-order valence-corrected chi connectivity index (χ0v) is 18.0. The van der Waals surface area contributed by atoms with E-state index in [-0.39, 0.29) is 0 Å². The van der Waals surface area contributed by atoms with E-state index in [1.807, 2.05) is 60.8 Å². The predicted octanol–water partition coefficient (Wildman–Crippen LogP) is 4.13. The number of aromatic amines is 1. The van der Waals surface area contributed by atoms with Gasteiger partial charge >= 0.3 is 11.8 Å². The van der Waals surface area contributed by atoms with Crippen LogP contribution in [0.15, 0.2) is 79.0 Å². The zero-order valence-electron chi connectivity index (χ0n) is 18.0. The Morgan fingerprint density at radius 1 is 0.788 bits per heavy atom. The molecule has 164 valence electrons. The van der Waals surface area contributed by atoms with Crippen molar-refractivity contribution in [2.75, 3.05) is 31.2 Å². The zero-order chi connectivity index (χ0) is 22.4.